The van der Waals surface area contributed by atoms with Crippen molar-refractivity contribution in [2.24, 2.45) is 16.6 Å². The van der Waals surface area contributed by atoms with Crippen LogP contribution in [-0.2, 0) is 16.1 Å². The Balaban J connectivity index is 0.00000480. The van der Waals surface area contributed by atoms with Crippen molar-refractivity contribution in [3.05, 3.63) is 23.9 Å². The number of anilines is 1. The molecule has 1 aliphatic heterocycles. The Bertz CT molecular complexity index is 673. The topological polar surface area (TPSA) is 105 Å². The van der Waals surface area contributed by atoms with Gasteiger partial charge in [-0.05, 0) is 38.7 Å². The lowest BCUT2D eigenvalue weighted by Crippen LogP contribution is -2.42. The van der Waals surface area contributed by atoms with E-state index in [9.17, 15) is 4.79 Å². The Morgan fingerprint density at radius 1 is 1.32 bits per heavy atom. The molecule has 1 atom stereocenters. The summed E-state index contributed by atoms with van der Waals surface area (Å²) in [6, 6.07) is 3.97. The number of aliphatic imine (C=N–C) groups is 1. The molecule has 1 fully saturated rings. The molecule has 0 bridgehead atoms. The molecule has 2 heterocycles. The number of hydrogen-bond donors (Lipinski definition) is 3. The molecule has 0 spiro atoms. The summed E-state index contributed by atoms with van der Waals surface area (Å²) in [6.07, 6.45) is 6.79. The zero-order valence-electron chi connectivity index (χ0n) is 18.9. The molecule has 176 valence electrons. The van der Waals surface area contributed by atoms with Gasteiger partial charge in [0.15, 0.2) is 5.96 Å². The van der Waals surface area contributed by atoms with Crippen LogP contribution >= 0.6 is 24.0 Å². The van der Waals surface area contributed by atoms with Crippen molar-refractivity contribution >= 4 is 41.7 Å². The Labute approximate surface area is 203 Å². The minimum atomic E-state index is -0.229. The van der Waals surface area contributed by atoms with E-state index in [4.69, 9.17) is 15.5 Å². The number of primary amides is 1. The third-order valence-electron chi connectivity index (χ3n) is 5.14. The maximum atomic E-state index is 11.6. The number of nitrogens with two attached hydrogens (primary N) is 1. The summed E-state index contributed by atoms with van der Waals surface area (Å²) in [6.45, 7) is 9.44. The first-order chi connectivity index (χ1) is 14.7. The van der Waals surface area contributed by atoms with Gasteiger partial charge in [-0.2, -0.15) is 0 Å². The van der Waals surface area contributed by atoms with E-state index >= 15 is 0 Å². The lowest BCUT2D eigenvalue weighted by atomic mass is 9.97. The van der Waals surface area contributed by atoms with Crippen molar-refractivity contribution in [1.82, 2.24) is 15.6 Å². The standard InChI is InChI=1S/C22H38N6O2.HI/c1-3-5-14-30-15-8-12-26-22(24-4-2)27-16-18-9-6-11-25-21(18)28-13-7-10-19(17-28)20(23)29;/h6,9,11,19H,3-5,7-8,10,12-17H2,1-2H3,(H2,23,29)(H2,24,26,27);1H. The molecule has 1 aromatic heterocycles. The molecule has 31 heavy (non-hydrogen) atoms. The third kappa shape index (κ3) is 10.0. The number of carbonyl (C=O) groups is 1. The highest BCUT2D eigenvalue weighted by molar-refractivity contribution is 14.0. The molecule has 0 radical (unpaired) electrons. The number of halogens is 1. The summed E-state index contributed by atoms with van der Waals surface area (Å²) in [7, 11) is 0. The van der Waals surface area contributed by atoms with E-state index in [1.165, 1.54) is 0 Å². The van der Waals surface area contributed by atoms with Gasteiger partial charge >= 0.3 is 0 Å². The number of rotatable bonds is 12. The quantitative estimate of drug-likeness (QED) is 0.161. The van der Waals surface area contributed by atoms with Crippen LogP contribution in [0.1, 0.15) is 51.5 Å². The fourth-order valence-corrected chi connectivity index (χ4v) is 3.48. The molecule has 4 N–H and O–H groups in total. The Morgan fingerprint density at radius 3 is 2.87 bits per heavy atom. The third-order valence-corrected chi connectivity index (χ3v) is 5.14. The zero-order valence-corrected chi connectivity index (χ0v) is 21.3. The Hall–Kier alpha value is -1.62. The lowest BCUT2D eigenvalue weighted by molar-refractivity contribution is -0.122. The normalized spacial score (nSPS) is 16.5. The summed E-state index contributed by atoms with van der Waals surface area (Å²) in [5.41, 5.74) is 6.58. The van der Waals surface area contributed by atoms with Crippen LogP contribution < -0.4 is 21.3 Å². The van der Waals surface area contributed by atoms with Crippen molar-refractivity contribution in [3.63, 3.8) is 0 Å². The monoisotopic (exact) mass is 546 g/mol. The minimum absolute atomic E-state index is 0. The maximum Gasteiger partial charge on any atom is 0.222 e. The van der Waals surface area contributed by atoms with Crippen molar-refractivity contribution in [2.45, 2.75) is 52.5 Å². The average Bonchev–Trinajstić information content (AvgIpc) is 2.77. The first-order valence-electron chi connectivity index (χ1n) is 11.2. The molecule has 1 amide bonds. The van der Waals surface area contributed by atoms with Crippen LogP contribution in [-0.4, -0.2) is 56.2 Å². The predicted molar refractivity (Wildman–Crippen MR) is 137 cm³/mol. The number of hydrogen-bond acceptors (Lipinski definition) is 5. The van der Waals surface area contributed by atoms with Gasteiger partial charge in [0.2, 0.25) is 5.91 Å². The number of unbranched alkanes of at least 4 members (excludes halogenated alkanes) is 1. The largest absolute Gasteiger partial charge is 0.381 e. The highest BCUT2D eigenvalue weighted by atomic mass is 127. The number of amides is 1. The average molecular weight is 546 g/mol. The van der Waals surface area contributed by atoms with Crippen LogP contribution in [0.5, 0.6) is 0 Å². The predicted octanol–water partition coefficient (Wildman–Crippen LogP) is 2.66. The van der Waals surface area contributed by atoms with Gasteiger partial charge in [-0.15, -0.1) is 24.0 Å². The molecule has 0 aromatic carbocycles. The van der Waals surface area contributed by atoms with Gasteiger partial charge in [-0.3, -0.25) is 4.79 Å². The molecule has 2 rings (SSSR count). The molecule has 1 saturated heterocycles. The van der Waals surface area contributed by atoms with Gasteiger partial charge < -0.3 is 26.0 Å². The summed E-state index contributed by atoms with van der Waals surface area (Å²) in [5.74, 6) is 1.34. The number of ether oxygens (including phenoxy) is 1. The highest BCUT2D eigenvalue weighted by Gasteiger charge is 2.25. The van der Waals surface area contributed by atoms with Crippen molar-refractivity contribution in [2.75, 3.05) is 44.3 Å². The van der Waals surface area contributed by atoms with E-state index in [1.54, 1.807) is 6.20 Å². The second-order valence-corrected chi connectivity index (χ2v) is 7.62. The number of guanidine groups is 1. The molecule has 1 aliphatic rings. The van der Waals surface area contributed by atoms with E-state index < -0.39 is 0 Å². The van der Waals surface area contributed by atoms with Gasteiger partial charge in [-0.1, -0.05) is 19.4 Å². The SMILES string of the molecule is CCCCOCCCNC(=NCc1cccnc1N1CCCC(C(N)=O)C1)NCC.I. The molecule has 0 saturated carbocycles. The Morgan fingerprint density at radius 2 is 2.13 bits per heavy atom. The van der Waals surface area contributed by atoms with E-state index in [0.717, 1.165) is 82.3 Å². The molecule has 0 aliphatic carbocycles. The molecule has 9 heteroatoms. The van der Waals surface area contributed by atoms with Gasteiger partial charge in [0.1, 0.15) is 5.82 Å². The van der Waals surface area contributed by atoms with Crippen LogP contribution in [0.3, 0.4) is 0 Å². The molecular formula is C22H39IN6O2. The summed E-state index contributed by atoms with van der Waals surface area (Å²) < 4.78 is 5.61. The fourth-order valence-electron chi connectivity index (χ4n) is 3.48. The second-order valence-electron chi connectivity index (χ2n) is 7.62. The molecule has 1 unspecified atom stereocenters. The Kier molecular flexibility index (Phi) is 14.2. The van der Waals surface area contributed by atoms with E-state index in [0.29, 0.717) is 13.1 Å². The molecule has 1 aromatic rings. The van der Waals surface area contributed by atoms with Gasteiger partial charge in [0.25, 0.3) is 0 Å². The second kappa shape index (κ2) is 16.1. The van der Waals surface area contributed by atoms with Gasteiger partial charge in [0, 0.05) is 51.2 Å². The first kappa shape index (κ1) is 27.4. The summed E-state index contributed by atoms with van der Waals surface area (Å²) in [5, 5.41) is 6.65. The lowest BCUT2D eigenvalue weighted by Gasteiger charge is -2.33. The number of pyridine rings is 1. The van der Waals surface area contributed by atoms with Crippen LogP contribution in [0.15, 0.2) is 23.3 Å². The number of nitrogens with one attached hydrogen (secondary N) is 2. The number of nitrogens with zero attached hydrogens (tertiary/aromatic N) is 3. The smallest absolute Gasteiger partial charge is 0.222 e. The van der Waals surface area contributed by atoms with E-state index in [2.05, 4.69) is 34.4 Å². The number of aromatic nitrogens is 1. The maximum absolute atomic E-state index is 11.6. The van der Waals surface area contributed by atoms with Crippen LogP contribution in [0.4, 0.5) is 5.82 Å². The minimum Gasteiger partial charge on any atom is -0.381 e. The van der Waals surface area contributed by atoms with E-state index in [1.807, 2.05) is 12.1 Å². The number of carbonyl (C=O) groups excluding carboxylic acids is 1. The van der Waals surface area contributed by atoms with Crippen molar-refractivity contribution in [1.29, 1.82) is 0 Å². The highest BCUT2D eigenvalue weighted by Crippen LogP contribution is 2.24. The van der Waals surface area contributed by atoms with Crippen LogP contribution in [0.2, 0.25) is 0 Å². The first-order valence-corrected chi connectivity index (χ1v) is 11.2. The van der Waals surface area contributed by atoms with Crippen LogP contribution in [0, 0.1) is 5.92 Å². The van der Waals surface area contributed by atoms with Gasteiger partial charge in [0.05, 0.1) is 12.5 Å². The fraction of sp³-hybridized carbons (Fsp3) is 0.682. The molecular weight excluding hydrogens is 507 g/mol. The van der Waals surface area contributed by atoms with Crippen LogP contribution in [0.25, 0.3) is 0 Å². The van der Waals surface area contributed by atoms with Gasteiger partial charge in [-0.25, -0.2) is 9.98 Å². The van der Waals surface area contributed by atoms with Crippen molar-refractivity contribution in [3.8, 4) is 0 Å². The van der Waals surface area contributed by atoms with Crippen molar-refractivity contribution < 1.29 is 9.53 Å². The molecule has 8 nitrogen and oxygen atoms in total. The van der Waals surface area contributed by atoms with E-state index in [-0.39, 0.29) is 35.8 Å². The summed E-state index contributed by atoms with van der Waals surface area (Å²) in [4.78, 5) is 23.1. The zero-order chi connectivity index (χ0) is 21.6. The number of piperidine rings is 1. The summed E-state index contributed by atoms with van der Waals surface area (Å²) >= 11 is 0.